The molecular weight excluding hydrogens is 474 g/mol. The molecule has 4 rings (SSSR count). The highest BCUT2D eigenvalue weighted by Crippen LogP contribution is 2.23. The van der Waals surface area contributed by atoms with Crippen LogP contribution in [0.2, 0.25) is 0 Å². The molecule has 0 spiro atoms. The first-order valence-electron chi connectivity index (χ1n) is 11.2. The molecule has 1 N–H and O–H groups in total. The summed E-state index contributed by atoms with van der Waals surface area (Å²) < 4.78 is 33.5. The molecule has 3 aromatic rings. The first-order chi connectivity index (χ1) is 17.3. The Morgan fingerprint density at radius 3 is 2.72 bits per heavy atom. The zero-order valence-electron chi connectivity index (χ0n) is 19.5. The van der Waals surface area contributed by atoms with E-state index in [2.05, 4.69) is 4.98 Å². The number of hydrogen-bond donors (Lipinski definition) is 1. The van der Waals surface area contributed by atoms with E-state index < -0.39 is 34.5 Å². The SMILES string of the molecule is COCCN1CN(Cc2cccnc2)n2cc(C(=O)CCc3ccc(F)cc3F)c(=O)c(O)c2C1=O. The largest absolute Gasteiger partial charge is 0.502 e. The number of ketones is 1. The fraction of sp³-hybridized carbons (Fsp3) is 0.280. The number of aryl methyl sites for hydroxylation is 1. The first-order valence-corrected chi connectivity index (χ1v) is 11.2. The summed E-state index contributed by atoms with van der Waals surface area (Å²) in [6.07, 6.45) is 4.15. The van der Waals surface area contributed by atoms with Gasteiger partial charge in [0.1, 0.15) is 18.3 Å². The van der Waals surface area contributed by atoms with Crippen LogP contribution in [-0.4, -0.2) is 58.3 Å². The average Bonchev–Trinajstić information content (AvgIpc) is 2.86. The van der Waals surface area contributed by atoms with E-state index in [1.54, 1.807) is 23.5 Å². The number of aromatic nitrogens is 2. The van der Waals surface area contributed by atoms with Gasteiger partial charge in [-0.25, -0.2) is 8.78 Å². The van der Waals surface area contributed by atoms with Crippen LogP contribution in [0.5, 0.6) is 5.75 Å². The topological polar surface area (TPSA) is 105 Å². The van der Waals surface area contributed by atoms with Crippen LogP contribution < -0.4 is 10.4 Å². The molecule has 0 radical (unpaired) electrons. The highest BCUT2D eigenvalue weighted by molar-refractivity contribution is 6.00. The van der Waals surface area contributed by atoms with Crippen molar-refractivity contribution >= 4 is 11.7 Å². The van der Waals surface area contributed by atoms with Crippen LogP contribution in [0.3, 0.4) is 0 Å². The normalized spacial score (nSPS) is 13.1. The summed E-state index contributed by atoms with van der Waals surface area (Å²) in [6, 6.07) is 6.61. The first kappa shape index (κ1) is 25.0. The number of hydrogen-bond acceptors (Lipinski definition) is 7. The number of carbonyl (C=O) groups excluding carboxylic acids is 2. The number of methoxy groups -OCH3 is 1. The fourth-order valence-corrected chi connectivity index (χ4v) is 4.00. The van der Waals surface area contributed by atoms with E-state index in [1.165, 1.54) is 28.9 Å². The molecule has 9 nitrogen and oxygen atoms in total. The molecule has 0 aliphatic carbocycles. The zero-order valence-corrected chi connectivity index (χ0v) is 19.5. The van der Waals surface area contributed by atoms with E-state index in [9.17, 15) is 28.3 Å². The number of pyridine rings is 2. The number of benzene rings is 1. The minimum absolute atomic E-state index is 0.0734. The van der Waals surface area contributed by atoms with Gasteiger partial charge in [-0.05, 0) is 29.7 Å². The van der Waals surface area contributed by atoms with Crippen molar-refractivity contribution in [3.63, 3.8) is 0 Å². The lowest BCUT2D eigenvalue weighted by molar-refractivity contribution is 0.0619. The summed E-state index contributed by atoms with van der Waals surface area (Å²) in [5.74, 6) is -3.62. The van der Waals surface area contributed by atoms with Gasteiger partial charge in [0.15, 0.2) is 17.2 Å². The van der Waals surface area contributed by atoms with Gasteiger partial charge in [0, 0.05) is 44.7 Å². The maximum atomic E-state index is 14.0. The Hall–Kier alpha value is -4.12. The molecule has 3 heterocycles. The molecule has 0 saturated heterocycles. The van der Waals surface area contributed by atoms with Gasteiger partial charge >= 0.3 is 0 Å². The summed E-state index contributed by atoms with van der Waals surface area (Å²) in [5.41, 5.74) is -0.689. The van der Waals surface area contributed by atoms with Gasteiger partial charge in [-0.15, -0.1) is 0 Å². The smallest absolute Gasteiger partial charge is 0.277 e. The van der Waals surface area contributed by atoms with Crippen molar-refractivity contribution < 1.29 is 28.2 Å². The van der Waals surface area contributed by atoms with Crippen LogP contribution in [0.25, 0.3) is 0 Å². The van der Waals surface area contributed by atoms with Crippen LogP contribution in [-0.2, 0) is 17.7 Å². The van der Waals surface area contributed by atoms with Gasteiger partial charge in [0.25, 0.3) is 5.91 Å². The lowest BCUT2D eigenvalue weighted by Crippen LogP contribution is -2.54. The fourth-order valence-electron chi connectivity index (χ4n) is 4.00. The van der Waals surface area contributed by atoms with Gasteiger partial charge < -0.3 is 14.7 Å². The zero-order chi connectivity index (χ0) is 25.8. The van der Waals surface area contributed by atoms with E-state index >= 15 is 0 Å². The molecule has 36 heavy (non-hydrogen) atoms. The minimum atomic E-state index is -0.992. The molecule has 1 aliphatic heterocycles. The van der Waals surface area contributed by atoms with E-state index in [-0.39, 0.29) is 56.0 Å². The summed E-state index contributed by atoms with van der Waals surface area (Å²) in [7, 11) is 1.49. The molecule has 1 aromatic carbocycles. The minimum Gasteiger partial charge on any atom is -0.502 e. The van der Waals surface area contributed by atoms with Crippen molar-refractivity contribution in [3.05, 3.63) is 93.2 Å². The molecule has 0 fully saturated rings. The second kappa shape index (κ2) is 10.6. The molecular formula is C25H24F2N4O5. The van der Waals surface area contributed by atoms with Crippen molar-refractivity contribution in [3.8, 4) is 5.75 Å². The predicted octanol–water partition coefficient (Wildman–Crippen LogP) is 2.24. The summed E-state index contributed by atoms with van der Waals surface area (Å²) in [6.45, 7) is 0.819. The van der Waals surface area contributed by atoms with Crippen molar-refractivity contribution in [1.29, 1.82) is 0 Å². The van der Waals surface area contributed by atoms with Crippen LogP contribution >= 0.6 is 0 Å². The Kier molecular flexibility index (Phi) is 7.39. The Labute approximate surface area is 205 Å². The van der Waals surface area contributed by atoms with Gasteiger partial charge in [0.2, 0.25) is 5.43 Å². The van der Waals surface area contributed by atoms with Gasteiger partial charge in [0.05, 0.1) is 18.7 Å². The average molecular weight is 498 g/mol. The number of ether oxygens (including phenoxy) is 1. The van der Waals surface area contributed by atoms with E-state index in [1.807, 2.05) is 6.07 Å². The summed E-state index contributed by atoms with van der Waals surface area (Å²) >= 11 is 0. The number of rotatable bonds is 9. The number of fused-ring (bicyclic) bond motifs is 1. The third kappa shape index (κ3) is 5.10. The number of Topliss-reactive ketones (excluding diaryl/α,β-unsaturated/α-hetero) is 1. The van der Waals surface area contributed by atoms with E-state index in [4.69, 9.17) is 4.74 Å². The Balaban J connectivity index is 1.69. The molecule has 188 valence electrons. The lowest BCUT2D eigenvalue weighted by atomic mass is 10.0. The second-order valence-corrected chi connectivity index (χ2v) is 8.30. The highest BCUT2D eigenvalue weighted by atomic mass is 19.1. The molecule has 1 aliphatic rings. The van der Waals surface area contributed by atoms with Crippen LogP contribution in [0.1, 0.15) is 38.4 Å². The maximum absolute atomic E-state index is 14.0. The third-order valence-electron chi connectivity index (χ3n) is 5.88. The van der Waals surface area contributed by atoms with Crippen LogP contribution in [0.15, 0.2) is 53.7 Å². The third-order valence-corrected chi connectivity index (χ3v) is 5.88. The number of halogens is 2. The van der Waals surface area contributed by atoms with Crippen molar-refractivity contribution in [2.24, 2.45) is 0 Å². The second-order valence-electron chi connectivity index (χ2n) is 8.30. The van der Waals surface area contributed by atoms with Gasteiger partial charge in [-0.2, -0.15) is 0 Å². The summed E-state index contributed by atoms with van der Waals surface area (Å²) in [4.78, 5) is 44.5. The number of nitrogens with zero attached hydrogens (tertiary/aromatic N) is 4. The van der Waals surface area contributed by atoms with Crippen LogP contribution in [0.4, 0.5) is 8.78 Å². The predicted molar refractivity (Wildman–Crippen MR) is 125 cm³/mol. The van der Waals surface area contributed by atoms with E-state index in [0.29, 0.717) is 0 Å². The molecule has 0 atom stereocenters. The Morgan fingerprint density at radius 2 is 2.03 bits per heavy atom. The monoisotopic (exact) mass is 498 g/mol. The number of aromatic hydroxyl groups is 1. The molecule has 0 saturated carbocycles. The van der Waals surface area contributed by atoms with Crippen molar-refractivity contribution in [2.75, 3.05) is 31.9 Å². The Bertz CT molecular complexity index is 1350. The van der Waals surface area contributed by atoms with Crippen molar-refractivity contribution in [1.82, 2.24) is 14.6 Å². The summed E-state index contributed by atoms with van der Waals surface area (Å²) in [5, 5.41) is 12.4. The number of amides is 1. The maximum Gasteiger partial charge on any atom is 0.277 e. The standard InChI is InChI=1S/C25H24F2N4O5/c1-36-10-9-29-15-30(13-16-3-2-8-28-12-16)31-14-19(23(33)24(34)22(31)25(29)35)21(32)7-5-17-4-6-18(26)11-20(17)27/h2-4,6,8,11-12,14,34H,5,7,9-10,13,15H2,1H3. The van der Waals surface area contributed by atoms with E-state index in [0.717, 1.165) is 17.7 Å². The number of carbonyl (C=O) groups is 2. The quantitative estimate of drug-likeness (QED) is 0.451. The Morgan fingerprint density at radius 1 is 1.22 bits per heavy atom. The van der Waals surface area contributed by atoms with Gasteiger partial charge in [-0.1, -0.05) is 12.1 Å². The van der Waals surface area contributed by atoms with Crippen molar-refractivity contribution in [2.45, 2.75) is 19.4 Å². The molecule has 1 amide bonds. The van der Waals surface area contributed by atoms with Crippen LogP contribution in [0, 0.1) is 11.6 Å². The molecule has 11 heteroatoms. The molecule has 2 aromatic heterocycles. The highest BCUT2D eigenvalue weighted by Gasteiger charge is 2.34. The molecule has 0 unspecified atom stereocenters. The lowest BCUT2D eigenvalue weighted by Gasteiger charge is -2.39. The molecule has 0 bridgehead atoms. The van der Waals surface area contributed by atoms with Gasteiger partial charge in [-0.3, -0.25) is 29.1 Å².